The summed E-state index contributed by atoms with van der Waals surface area (Å²) < 4.78 is 68.8. The van der Waals surface area contributed by atoms with Gasteiger partial charge < -0.3 is 51.4 Å². The molecule has 75 heavy (non-hydrogen) atoms. The Morgan fingerprint density at radius 2 is 0.307 bits per heavy atom. The molecule has 3 saturated heterocycles. The van der Waals surface area contributed by atoms with Gasteiger partial charge in [-0.2, -0.15) is 0 Å². The van der Waals surface area contributed by atoms with Crippen molar-refractivity contribution in [3.63, 3.8) is 0 Å². The summed E-state index contributed by atoms with van der Waals surface area (Å²) in [6.07, 6.45) is 43.7. The van der Waals surface area contributed by atoms with Crippen LogP contribution in [0.15, 0.2) is 0 Å². The van der Waals surface area contributed by atoms with Gasteiger partial charge in [-0.05, 0) is 44.9 Å². The Labute approximate surface area is 470 Å². The van der Waals surface area contributed by atoms with Gasteiger partial charge >= 0.3 is 61.6 Å². The minimum atomic E-state index is -4.36. The lowest BCUT2D eigenvalue weighted by Crippen LogP contribution is -2.82. The Kier molecular flexibility index (Phi) is 37.8. The number of hydrogen-bond acceptors (Lipinski definition) is 12. The maximum Gasteiger partial charge on any atom is 0.483 e. The summed E-state index contributed by atoms with van der Waals surface area (Å²) in [6.45, 7) is 15.7. The molecule has 446 valence electrons. The van der Waals surface area contributed by atoms with Crippen molar-refractivity contribution < 1.29 is 51.4 Å². The largest absolute Gasteiger partial charge is 0.483 e. The molecule has 0 spiro atoms. The van der Waals surface area contributed by atoms with Crippen molar-refractivity contribution in [1.82, 2.24) is 0 Å². The maximum absolute atomic E-state index is 13.6. The average Bonchev–Trinajstić information content (AvgIpc) is 3.35. The molecule has 0 amide bonds. The molecule has 0 aromatic carbocycles. The molecule has 3 N–H and O–H groups in total. The van der Waals surface area contributed by atoms with Crippen molar-refractivity contribution in [3.8, 4) is 0 Å². The van der Waals surface area contributed by atoms with E-state index in [-0.39, 0.29) is 18.1 Å². The van der Waals surface area contributed by atoms with Gasteiger partial charge in [-0.1, -0.05) is 273 Å². The van der Waals surface area contributed by atoms with Crippen LogP contribution in [0.1, 0.15) is 318 Å². The lowest BCUT2D eigenvalue weighted by molar-refractivity contribution is 0.00689. The molecule has 3 fully saturated rings. The number of fused-ring (bicyclic) bond motifs is 3. The first-order valence-electron chi connectivity index (χ1n) is 32.8. The van der Waals surface area contributed by atoms with Crippen molar-refractivity contribution >= 4 is 61.6 Å². The number of unbranched alkanes of at least 4 members (excludes halogenated alkanes) is 35. The Balaban J connectivity index is 2.39. The molecule has 4 bridgehead atoms. The summed E-state index contributed by atoms with van der Waals surface area (Å²) >= 11 is 0. The highest BCUT2D eigenvalue weighted by atomic mass is 28.6. The van der Waals surface area contributed by atoms with Gasteiger partial charge in [0.25, 0.3) is 0 Å². The highest BCUT2D eigenvalue weighted by molar-refractivity contribution is 6.98. The maximum atomic E-state index is 13.6. The van der Waals surface area contributed by atoms with Gasteiger partial charge in [0.15, 0.2) is 0 Å². The van der Waals surface area contributed by atoms with E-state index in [2.05, 4.69) is 48.5 Å². The molecule has 0 saturated carbocycles. The molecule has 3 aliphatic heterocycles. The van der Waals surface area contributed by atoms with Crippen LogP contribution in [-0.4, -0.2) is 76.0 Å². The van der Waals surface area contributed by atoms with Gasteiger partial charge in [0.05, 0.1) is 0 Å². The van der Waals surface area contributed by atoms with Gasteiger partial charge in [-0.15, -0.1) is 0 Å². The molecule has 3 aliphatic rings. The van der Waals surface area contributed by atoms with Gasteiger partial charge in [0.2, 0.25) is 0 Å². The van der Waals surface area contributed by atoms with Crippen molar-refractivity contribution in [2.24, 2.45) is 0 Å². The summed E-state index contributed by atoms with van der Waals surface area (Å²) in [5, 5.41) is 0. The van der Waals surface area contributed by atoms with Crippen molar-refractivity contribution in [2.45, 2.75) is 360 Å². The average molecular weight is 1180 g/mol. The minimum Gasteiger partial charge on any atom is -0.391 e. The van der Waals surface area contributed by atoms with E-state index in [4.69, 9.17) is 37.0 Å². The fraction of sp³-hybridized carbons (Fsp3) is 1.00. The lowest BCUT2D eigenvalue weighted by Gasteiger charge is -2.57. The van der Waals surface area contributed by atoms with Crippen LogP contribution in [0, 0.1) is 0 Å². The van der Waals surface area contributed by atoms with Crippen LogP contribution in [0.2, 0.25) is 42.3 Å². The normalized spacial score (nSPS) is 29.0. The molecule has 0 aromatic rings. The van der Waals surface area contributed by atoms with E-state index >= 15 is 0 Å². The predicted octanol–water partition coefficient (Wildman–Crippen LogP) is 18.2. The topological polar surface area (TPSA) is 144 Å². The highest BCUT2D eigenvalue weighted by Gasteiger charge is 2.76. The summed E-state index contributed by atoms with van der Waals surface area (Å²) in [4.78, 5) is 40.9. The second-order valence-electron chi connectivity index (χ2n) is 23.4. The third-order valence-corrected chi connectivity index (χ3v) is 45.1. The molecule has 0 atom stereocenters. The first-order chi connectivity index (χ1) is 36.3. The standard InChI is InChI=1S/C56H122O12Si7/c1-8-15-22-29-36-43-50-69(57)60-72(53-46-39-32-25-18-11-4)62-70(58,51-44-37-30-23-16-9-2)64-74(55-48-41-34-27-20-13-6)65-71(59,52-45-38-31-24-17-10-3)63-73(61-69,54-47-40-33-26-19-12-5)67-75(66-72,68-74)56-49-42-35-28-21-14-7/h57-59H,8-56H2,1-7H3. The smallest absolute Gasteiger partial charge is 0.391 e. The lowest BCUT2D eigenvalue weighted by atomic mass is 10.1. The monoisotopic (exact) mass is 1180 g/mol. The number of rotatable bonds is 49. The predicted molar refractivity (Wildman–Crippen MR) is 324 cm³/mol. The van der Waals surface area contributed by atoms with Crippen molar-refractivity contribution in [3.05, 3.63) is 0 Å². The first kappa shape index (κ1) is 70.3. The molecule has 0 unspecified atom stereocenters. The molecule has 0 radical (unpaired) electrons. The van der Waals surface area contributed by atoms with Crippen LogP contribution in [-0.2, 0) is 37.0 Å². The van der Waals surface area contributed by atoms with E-state index in [1.165, 1.54) is 51.4 Å². The Hall–Kier alpha value is 1.04. The van der Waals surface area contributed by atoms with E-state index in [0.717, 1.165) is 199 Å². The molecule has 0 aliphatic carbocycles. The van der Waals surface area contributed by atoms with Crippen LogP contribution >= 0.6 is 0 Å². The molecule has 12 nitrogen and oxygen atoms in total. The van der Waals surface area contributed by atoms with Gasteiger partial charge in [0, 0.05) is 42.3 Å². The Morgan fingerprint density at radius 1 is 0.173 bits per heavy atom. The van der Waals surface area contributed by atoms with Crippen LogP contribution < -0.4 is 0 Å². The Bertz CT molecular complexity index is 1230. The van der Waals surface area contributed by atoms with E-state index in [1.54, 1.807) is 0 Å². The molecule has 19 heteroatoms. The van der Waals surface area contributed by atoms with E-state index in [1.807, 2.05) is 0 Å². The fourth-order valence-corrected chi connectivity index (χ4v) is 48.9. The van der Waals surface area contributed by atoms with Crippen LogP contribution in [0.4, 0.5) is 0 Å². The van der Waals surface area contributed by atoms with Gasteiger partial charge in [0.1, 0.15) is 0 Å². The summed E-state index contributed by atoms with van der Waals surface area (Å²) in [7, 11) is -29.7. The minimum absolute atomic E-state index is 0.287. The van der Waals surface area contributed by atoms with Crippen molar-refractivity contribution in [2.75, 3.05) is 0 Å². The quantitative estimate of drug-likeness (QED) is 0.0394. The van der Waals surface area contributed by atoms with Crippen LogP contribution in [0.3, 0.4) is 0 Å². The summed E-state index contributed by atoms with van der Waals surface area (Å²) in [5.74, 6) is 0. The third-order valence-electron chi connectivity index (χ3n) is 15.7. The van der Waals surface area contributed by atoms with Crippen molar-refractivity contribution in [1.29, 1.82) is 0 Å². The fourth-order valence-electron chi connectivity index (χ4n) is 11.3. The van der Waals surface area contributed by atoms with E-state index in [9.17, 15) is 14.4 Å². The zero-order valence-electron chi connectivity index (χ0n) is 50.2. The first-order valence-corrected chi connectivity index (χ1v) is 46.4. The van der Waals surface area contributed by atoms with E-state index < -0.39 is 61.6 Å². The van der Waals surface area contributed by atoms with Gasteiger partial charge in [-0.25, -0.2) is 0 Å². The highest BCUT2D eigenvalue weighted by Crippen LogP contribution is 2.49. The summed E-state index contributed by atoms with van der Waals surface area (Å²) in [5.41, 5.74) is 0. The van der Waals surface area contributed by atoms with Crippen LogP contribution in [0.25, 0.3) is 0 Å². The van der Waals surface area contributed by atoms with Crippen LogP contribution in [0.5, 0.6) is 0 Å². The second kappa shape index (κ2) is 40.3. The molecule has 3 heterocycles. The zero-order valence-corrected chi connectivity index (χ0v) is 57.2. The molecule has 3 rings (SSSR count). The molecule has 0 aromatic heterocycles. The zero-order chi connectivity index (χ0) is 54.5. The number of hydrogen-bond donors (Lipinski definition) is 3. The Morgan fingerprint density at radius 3 is 0.480 bits per heavy atom. The SMILES string of the molecule is CCCCCCCC[Si]1(O)O[Si]2(CCCCCCCC)O[Si](O)(CCCCCCCC)O[Si]3(CCCCCCCC)O[Si](O)(CCCCCCCC)O[Si](CCCCCCCC)(O1)O[Si](CCCCCCCC)(O2)O3. The second-order valence-corrected chi connectivity index (χ2v) is 44.0. The van der Waals surface area contributed by atoms with Gasteiger partial charge in [-0.3, -0.25) is 0 Å². The summed E-state index contributed by atoms with van der Waals surface area (Å²) in [6, 6.07) is 2.53. The molecular formula is C56H122O12Si7. The van der Waals surface area contributed by atoms with E-state index in [0.29, 0.717) is 43.4 Å². The third kappa shape index (κ3) is 28.7. The molecular weight excluding hydrogens is 1060 g/mol.